The van der Waals surface area contributed by atoms with E-state index in [1.165, 1.54) is 6.42 Å². The molecule has 2 aromatic heterocycles. The Morgan fingerprint density at radius 1 is 1.21 bits per heavy atom. The summed E-state index contributed by atoms with van der Waals surface area (Å²) in [5.74, 6) is 1.46. The molecule has 3 rings (SSSR count). The van der Waals surface area contributed by atoms with Crippen molar-refractivity contribution in [3.05, 3.63) is 46.9 Å². The third kappa shape index (κ3) is 5.20. The molecule has 0 N–H and O–H groups in total. The largest absolute Gasteiger partial charge is 0.491 e. The van der Waals surface area contributed by atoms with Crippen LogP contribution in [-0.4, -0.2) is 43.2 Å². The molecule has 1 fully saturated rings. The lowest BCUT2D eigenvalue weighted by Gasteiger charge is -2.32. The van der Waals surface area contributed by atoms with Crippen LogP contribution < -0.4 is 9.47 Å². The van der Waals surface area contributed by atoms with E-state index in [2.05, 4.69) is 9.97 Å². The average Bonchev–Trinajstić information content (AvgIpc) is 2.73. The molecule has 1 aliphatic rings. The normalized spacial score (nSPS) is 19.2. The molecule has 2 atom stereocenters. The number of carbonyl (C=O) groups is 1. The lowest BCUT2D eigenvalue weighted by Crippen LogP contribution is -2.24. The molecule has 2 aromatic rings. The molecule has 28 heavy (non-hydrogen) atoms. The Hall–Kier alpha value is -2.18. The molecular formula is C21H25ClN2O4. The van der Waals surface area contributed by atoms with Crippen molar-refractivity contribution in [2.45, 2.75) is 31.6 Å². The van der Waals surface area contributed by atoms with Gasteiger partial charge in [-0.15, -0.1) is 0 Å². The predicted molar refractivity (Wildman–Crippen MR) is 106 cm³/mol. The third-order valence-corrected chi connectivity index (χ3v) is 5.40. The standard InChI is InChI=1S/C21H25ClN2O4/c1-26-9-10-27-20-11-16(13-25)19(12-24-20)28-14-15-5-2-3-6-17(15)18-7-4-8-23-21(18)22/h4,7-8,11-13,15,17H,2-3,5-6,9-10,14H2,1H3. The van der Waals surface area contributed by atoms with E-state index in [4.69, 9.17) is 25.8 Å². The summed E-state index contributed by atoms with van der Waals surface area (Å²) in [4.78, 5) is 19.9. The molecule has 0 aromatic carbocycles. The number of ether oxygens (including phenoxy) is 3. The van der Waals surface area contributed by atoms with E-state index in [0.29, 0.717) is 54.0 Å². The van der Waals surface area contributed by atoms with Gasteiger partial charge in [0.15, 0.2) is 6.29 Å². The van der Waals surface area contributed by atoms with Crippen LogP contribution >= 0.6 is 11.6 Å². The van der Waals surface area contributed by atoms with Crippen molar-refractivity contribution in [1.29, 1.82) is 0 Å². The van der Waals surface area contributed by atoms with Gasteiger partial charge in [0.05, 0.1) is 25.0 Å². The summed E-state index contributed by atoms with van der Waals surface area (Å²) in [7, 11) is 1.60. The van der Waals surface area contributed by atoms with Gasteiger partial charge >= 0.3 is 0 Å². The first-order valence-electron chi connectivity index (χ1n) is 9.53. The van der Waals surface area contributed by atoms with E-state index in [0.717, 1.165) is 31.1 Å². The van der Waals surface area contributed by atoms with Crippen LogP contribution in [0.4, 0.5) is 0 Å². The summed E-state index contributed by atoms with van der Waals surface area (Å²) in [5.41, 5.74) is 1.50. The predicted octanol–water partition coefficient (Wildman–Crippen LogP) is 4.32. The highest BCUT2D eigenvalue weighted by molar-refractivity contribution is 6.30. The van der Waals surface area contributed by atoms with Gasteiger partial charge in [-0.25, -0.2) is 9.97 Å². The van der Waals surface area contributed by atoms with Crippen molar-refractivity contribution < 1.29 is 19.0 Å². The van der Waals surface area contributed by atoms with Crippen molar-refractivity contribution in [1.82, 2.24) is 9.97 Å². The van der Waals surface area contributed by atoms with Crippen molar-refractivity contribution in [3.63, 3.8) is 0 Å². The summed E-state index contributed by atoms with van der Waals surface area (Å²) in [6, 6.07) is 5.56. The number of pyridine rings is 2. The Kier molecular flexibility index (Phi) is 7.62. The summed E-state index contributed by atoms with van der Waals surface area (Å²) >= 11 is 6.33. The Bertz CT molecular complexity index is 787. The maximum absolute atomic E-state index is 11.5. The Balaban J connectivity index is 1.68. The van der Waals surface area contributed by atoms with E-state index in [9.17, 15) is 4.79 Å². The number of halogens is 1. The zero-order valence-corrected chi connectivity index (χ0v) is 16.7. The molecule has 6 nitrogen and oxygen atoms in total. The zero-order valence-electron chi connectivity index (χ0n) is 16.0. The highest BCUT2D eigenvalue weighted by Gasteiger charge is 2.29. The van der Waals surface area contributed by atoms with E-state index >= 15 is 0 Å². The van der Waals surface area contributed by atoms with Gasteiger partial charge in [-0.2, -0.15) is 0 Å². The molecule has 1 saturated carbocycles. The molecule has 0 bridgehead atoms. The molecule has 150 valence electrons. The minimum absolute atomic E-state index is 0.305. The van der Waals surface area contributed by atoms with Gasteiger partial charge in [0.1, 0.15) is 17.5 Å². The SMILES string of the molecule is COCCOc1cc(C=O)c(OCC2CCCCC2c2cccnc2Cl)cn1. The third-order valence-electron chi connectivity index (χ3n) is 5.09. The van der Waals surface area contributed by atoms with Crippen LogP contribution in [-0.2, 0) is 4.74 Å². The van der Waals surface area contributed by atoms with Gasteiger partial charge in [0.2, 0.25) is 5.88 Å². The lowest BCUT2D eigenvalue weighted by molar-refractivity contribution is 0.111. The Labute approximate surface area is 170 Å². The second-order valence-electron chi connectivity index (χ2n) is 6.86. The number of aldehydes is 1. The van der Waals surface area contributed by atoms with Gasteiger partial charge in [-0.3, -0.25) is 4.79 Å². The lowest BCUT2D eigenvalue weighted by atomic mass is 9.76. The fourth-order valence-electron chi connectivity index (χ4n) is 3.65. The second kappa shape index (κ2) is 10.4. The first-order valence-corrected chi connectivity index (χ1v) is 9.91. The van der Waals surface area contributed by atoms with Crippen molar-refractivity contribution >= 4 is 17.9 Å². The van der Waals surface area contributed by atoms with Gasteiger partial charge in [-0.05, 0) is 36.3 Å². The van der Waals surface area contributed by atoms with Crippen LogP contribution in [0.3, 0.4) is 0 Å². The van der Waals surface area contributed by atoms with Gasteiger partial charge < -0.3 is 14.2 Å². The van der Waals surface area contributed by atoms with Gasteiger partial charge in [0.25, 0.3) is 0 Å². The minimum Gasteiger partial charge on any atom is -0.491 e. The Morgan fingerprint density at radius 3 is 2.86 bits per heavy atom. The average molecular weight is 405 g/mol. The monoisotopic (exact) mass is 404 g/mol. The number of hydrogen-bond donors (Lipinski definition) is 0. The van der Waals surface area contributed by atoms with E-state index < -0.39 is 0 Å². The van der Waals surface area contributed by atoms with Crippen LogP contribution in [0.1, 0.15) is 47.5 Å². The van der Waals surface area contributed by atoms with Crippen LogP contribution in [0.25, 0.3) is 0 Å². The molecule has 0 saturated heterocycles. The van der Waals surface area contributed by atoms with Crippen LogP contribution in [0.15, 0.2) is 30.6 Å². The molecule has 2 unspecified atom stereocenters. The van der Waals surface area contributed by atoms with E-state index in [1.54, 1.807) is 25.6 Å². The molecular weight excluding hydrogens is 380 g/mol. The van der Waals surface area contributed by atoms with Gasteiger partial charge in [0, 0.05) is 19.4 Å². The summed E-state index contributed by atoms with van der Waals surface area (Å²) in [6.07, 6.45) is 8.45. The van der Waals surface area contributed by atoms with Crippen LogP contribution in [0, 0.1) is 5.92 Å². The first kappa shape index (κ1) is 20.6. The summed E-state index contributed by atoms with van der Waals surface area (Å²) in [5, 5.41) is 0.562. The molecule has 1 aliphatic carbocycles. The fourth-order valence-corrected chi connectivity index (χ4v) is 3.91. The topological polar surface area (TPSA) is 70.5 Å². The molecule has 2 heterocycles. The maximum atomic E-state index is 11.5. The van der Waals surface area contributed by atoms with Crippen molar-refractivity contribution in [2.24, 2.45) is 5.92 Å². The Morgan fingerprint density at radius 2 is 2.07 bits per heavy atom. The first-order chi connectivity index (χ1) is 13.7. The molecule has 0 amide bonds. The minimum atomic E-state index is 0.305. The number of nitrogens with zero attached hydrogens (tertiary/aromatic N) is 2. The summed E-state index contributed by atoms with van der Waals surface area (Å²) in [6.45, 7) is 1.33. The molecule has 7 heteroatoms. The highest BCUT2D eigenvalue weighted by atomic mass is 35.5. The van der Waals surface area contributed by atoms with Crippen molar-refractivity contribution in [2.75, 3.05) is 26.9 Å². The van der Waals surface area contributed by atoms with E-state index in [-0.39, 0.29) is 0 Å². The highest BCUT2D eigenvalue weighted by Crippen LogP contribution is 2.40. The second-order valence-corrected chi connectivity index (χ2v) is 7.22. The quantitative estimate of drug-likeness (QED) is 0.352. The maximum Gasteiger partial charge on any atom is 0.214 e. The van der Waals surface area contributed by atoms with Gasteiger partial charge in [-0.1, -0.05) is 30.5 Å². The van der Waals surface area contributed by atoms with E-state index in [1.807, 2.05) is 12.1 Å². The number of carbonyl (C=O) groups excluding carboxylic acids is 1. The van der Waals surface area contributed by atoms with Crippen LogP contribution in [0.2, 0.25) is 5.15 Å². The number of aromatic nitrogens is 2. The number of methoxy groups -OCH3 is 1. The zero-order chi connectivity index (χ0) is 19.8. The fraction of sp³-hybridized carbons (Fsp3) is 0.476. The molecule has 0 radical (unpaired) electrons. The molecule has 0 aliphatic heterocycles. The summed E-state index contributed by atoms with van der Waals surface area (Å²) < 4.78 is 16.4. The molecule has 0 spiro atoms. The van der Waals surface area contributed by atoms with Crippen molar-refractivity contribution in [3.8, 4) is 11.6 Å². The van der Waals surface area contributed by atoms with Crippen LogP contribution in [0.5, 0.6) is 11.6 Å². The smallest absolute Gasteiger partial charge is 0.214 e. The number of hydrogen-bond acceptors (Lipinski definition) is 6. The number of rotatable bonds is 9.